The average Bonchev–Trinajstić information content (AvgIpc) is 3.18. The van der Waals surface area contributed by atoms with E-state index in [4.69, 9.17) is 0 Å². The van der Waals surface area contributed by atoms with Crippen LogP contribution in [0.4, 0.5) is 0 Å². The number of pyridine rings is 1. The molecule has 3 aromatic heterocycles. The van der Waals surface area contributed by atoms with Gasteiger partial charge < -0.3 is 9.55 Å². The van der Waals surface area contributed by atoms with E-state index in [1.54, 1.807) is 6.20 Å². The Hall–Kier alpha value is -2.99. The number of nitrogens with one attached hydrogen (secondary N) is 1. The van der Waals surface area contributed by atoms with Crippen molar-refractivity contribution in [2.24, 2.45) is 4.99 Å². The van der Waals surface area contributed by atoms with Crippen molar-refractivity contribution in [1.29, 1.82) is 0 Å². The van der Waals surface area contributed by atoms with Gasteiger partial charge in [-0.25, -0.2) is 4.98 Å². The Morgan fingerprint density at radius 2 is 2.08 bits per heavy atom. The molecule has 4 rings (SSSR count). The first-order valence-electron chi connectivity index (χ1n) is 7.92. The van der Waals surface area contributed by atoms with Gasteiger partial charge in [-0.2, -0.15) is 4.99 Å². The number of nitrogens with zero attached hydrogens (tertiary/aromatic N) is 3. The second kappa shape index (κ2) is 6.49. The molecule has 0 saturated heterocycles. The lowest BCUT2D eigenvalue weighted by molar-refractivity contribution is 0.0999. The molecule has 5 nitrogen and oxygen atoms in total. The van der Waals surface area contributed by atoms with E-state index in [9.17, 15) is 4.79 Å². The SMILES string of the molecule is Cc1[nH]c2ncccc2c1C(=O)/N=c1\sccn1Cc1ccccc1. The monoisotopic (exact) mass is 348 g/mol. The number of carbonyl (C=O) groups is 1. The number of thiazole rings is 1. The molecule has 124 valence electrons. The highest BCUT2D eigenvalue weighted by Gasteiger charge is 2.16. The molecule has 1 N–H and O–H groups in total. The molecule has 3 heterocycles. The van der Waals surface area contributed by atoms with Gasteiger partial charge in [0.2, 0.25) is 0 Å². The van der Waals surface area contributed by atoms with Gasteiger partial charge in [-0.3, -0.25) is 4.79 Å². The normalized spacial score (nSPS) is 12.0. The van der Waals surface area contributed by atoms with E-state index in [1.165, 1.54) is 16.9 Å². The molecule has 0 aliphatic heterocycles. The second-order valence-corrected chi connectivity index (χ2v) is 6.61. The van der Waals surface area contributed by atoms with Crippen LogP contribution >= 0.6 is 11.3 Å². The lowest BCUT2D eigenvalue weighted by Crippen LogP contribution is -2.17. The van der Waals surface area contributed by atoms with Crippen LogP contribution in [0, 0.1) is 6.92 Å². The van der Waals surface area contributed by atoms with Crippen molar-refractivity contribution in [3.8, 4) is 0 Å². The van der Waals surface area contributed by atoms with Crippen LogP contribution < -0.4 is 4.80 Å². The summed E-state index contributed by atoms with van der Waals surface area (Å²) in [6.45, 7) is 2.56. The Morgan fingerprint density at radius 3 is 2.92 bits per heavy atom. The lowest BCUT2D eigenvalue weighted by atomic mass is 10.1. The van der Waals surface area contributed by atoms with Gasteiger partial charge in [0.1, 0.15) is 5.65 Å². The molecular formula is C19H16N4OS. The highest BCUT2D eigenvalue weighted by molar-refractivity contribution is 7.07. The van der Waals surface area contributed by atoms with Crippen molar-refractivity contribution in [3.63, 3.8) is 0 Å². The molecule has 0 saturated carbocycles. The maximum Gasteiger partial charge on any atom is 0.282 e. The Labute approximate surface area is 148 Å². The van der Waals surface area contributed by atoms with Gasteiger partial charge in [0.05, 0.1) is 5.56 Å². The van der Waals surface area contributed by atoms with Crippen LogP contribution in [0.15, 0.2) is 65.2 Å². The standard InChI is InChI=1S/C19H16N4OS/c1-13-16(15-8-5-9-20-17(15)21-13)18(24)22-19-23(10-11-25-19)12-14-6-3-2-4-7-14/h2-11H,12H2,1H3,(H,20,21)/b22-19-. The van der Waals surface area contributed by atoms with E-state index in [1.807, 2.05) is 53.4 Å². The van der Waals surface area contributed by atoms with Gasteiger partial charge >= 0.3 is 0 Å². The number of aryl methyl sites for hydroxylation is 1. The first-order valence-corrected chi connectivity index (χ1v) is 8.80. The van der Waals surface area contributed by atoms with Crippen LogP contribution in [0.3, 0.4) is 0 Å². The van der Waals surface area contributed by atoms with Gasteiger partial charge in [0.15, 0.2) is 4.80 Å². The summed E-state index contributed by atoms with van der Waals surface area (Å²) < 4.78 is 1.99. The number of H-pyrrole nitrogens is 1. The summed E-state index contributed by atoms with van der Waals surface area (Å²) in [7, 11) is 0. The Balaban J connectivity index is 1.73. The zero-order valence-corrected chi connectivity index (χ0v) is 14.5. The maximum absolute atomic E-state index is 12.8. The van der Waals surface area contributed by atoms with E-state index in [2.05, 4.69) is 27.1 Å². The van der Waals surface area contributed by atoms with Gasteiger partial charge in [-0.05, 0) is 24.6 Å². The average molecular weight is 348 g/mol. The quantitative estimate of drug-likeness (QED) is 0.616. The van der Waals surface area contributed by atoms with Crippen molar-refractivity contribution >= 4 is 28.3 Å². The molecule has 0 aliphatic carbocycles. The first kappa shape index (κ1) is 15.5. The molecule has 25 heavy (non-hydrogen) atoms. The van der Waals surface area contributed by atoms with E-state index < -0.39 is 0 Å². The fraction of sp³-hybridized carbons (Fsp3) is 0.105. The summed E-state index contributed by atoms with van der Waals surface area (Å²) >= 11 is 1.46. The molecule has 0 fully saturated rings. The smallest absolute Gasteiger partial charge is 0.282 e. The number of rotatable bonds is 3. The summed E-state index contributed by atoms with van der Waals surface area (Å²) in [5.74, 6) is -0.249. The van der Waals surface area contributed by atoms with Crippen molar-refractivity contribution in [2.45, 2.75) is 13.5 Å². The number of aromatic nitrogens is 3. The lowest BCUT2D eigenvalue weighted by Gasteiger charge is -2.02. The molecule has 1 amide bonds. The van der Waals surface area contributed by atoms with Crippen molar-refractivity contribution in [3.05, 3.63) is 81.9 Å². The highest BCUT2D eigenvalue weighted by Crippen LogP contribution is 2.20. The second-order valence-electron chi connectivity index (χ2n) is 5.74. The van der Waals surface area contributed by atoms with Crippen LogP contribution in [0.1, 0.15) is 21.6 Å². The van der Waals surface area contributed by atoms with Crippen LogP contribution in [0.5, 0.6) is 0 Å². The van der Waals surface area contributed by atoms with Crippen LogP contribution in [0.2, 0.25) is 0 Å². The van der Waals surface area contributed by atoms with E-state index in [0.29, 0.717) is 22.6 Å². The van der Waals surface area contributed by atoms with Crippen molar-refractivity contribution in [1.82, 2.24) is 14.5 Å². The topological polar surface area (TPSA) is 63.0 Å². The molecule has 6 heteroatoms. The molecule has 4 aromatic rings. The summed E-state index contributed by atoms with van der Waals surface area (Å²) in [6, 6.07) is 13.8. The summed E-state index contributed by atoms with van der Waals surface area (Å²) in [5.41, 5.74) is 3.25. The zero-order chi connectivity index (χ0) is 17.2. The molecule has 1 aromatic carbocycles. The van der Waals surface area contributed by atoms with Gasteiger partial charge in [0.25, 0.3) is 5.91 Å². The minimum atomic E-state index is -0.249. The number of benzene rings is 1. The van der Waals surface area contributed by atoms with Crippen LogP contribution in [0.25, 0.3) is 11.0 Å². The summed E-state index contributed by atoms with van der Waals surface area (Å²) in [5, 5.41) is 2.75. The number of hydrogen-bond donors (Lipinski definition) is 1. The third kappa shape index (κ3) is 3.04. The molecule has 0 aliphatic rings. The number of amides is 1. The third-order valence-electron chi connectivity index (χ3n) is 4.02. The third-order valence-corrected chi connectivity index (χ3v) is 4.82. The zero-order valence-electron chi connectivity index (χ0n) is 13.6. The van der Waals surface area contributed by atoms with E-state index in [0.717, 1.165) is 11.1 Å². The fourth-order valence-electron chi connectivity index (χ4n) is 2.85. The Bertz CT molecular complexity index is 1110. The molecule has 0 unspecified atom stereocenters. The Morgan fingerprint density at radius 1 is 1.24 bits per heavy atom. The molecule has 0 atom stereocenters. The predicted octanol–water partition coefficient (Wildman–Crippen LogP) is 3.52. The minimum absolute atomic E-state index is 0.249. The van der Waals surface area contributed by atoms with Gasteiger partial charge in [0, 0.05) is 35.4 Å². The largest absolute Gasteiger partial charge is 0.343 e. The maximum atomic E-state index is 12.8. The minimum Gasteiger partial charge on any atom is -0.343 e. The molecule has 0 spiro atoms. The molecular weight excluding hydrogens is 332 g/mol. The van der Waals surface area contributed by atoms with Crippen molar-refractivity contribution < 1.29 is 4.79 Å². The summed E-state index contributed by atoms with van der Waals surface area (Å²) in [6.07, 6.45) is 3.66. The fourth-order valence-corrected chi connectivity index (χ4v) is 3.58. The molecule has 0 bridgehead atoms. The number of carbonyl (C=O) groups excluding carboxylic acids is 1. The number of aromatic amines is 1. The summed E-state index contributed by atoms with van der Waals surface area (Å²) in [4.78, 5) is 25.3. The van der Waals surface area contributed by atoms with E-state index in [-0.39, 0.29) is 5.91 Å². The first-order chi connectivity index (χ1) is 12.2. The highest BCUT2D eigenvalue weighted by atomic mass is 32.1. The Kier molecular flexibility index (Phi) is 4.03. The molecule has 0 radical (unpaired) electrons. The van der Waals surface area contributed by atoms with Crippen LogP contribution in [-0.4, -0.2) is 20.4 Å². The van der Waals surface area contributed by atoms with Gasteiger partial charge in [-0.15, -0.1) is 11.3 Å². The van der Waals surface area contributed by atoms with Gasteiger partial charge in [-0.1, -0.05) is 30.3 Å². The van der Waals surface area contributed by atoms with Crippen LogP contribution in [-0.2, 0) is 6.54 Å². The predicted molar refractivity (Wildman–Crippen MR) is 98.6 cm³/mol. The van der Waals surface area contributed by atoms with E-state index >= 15 is 0 Å². The number of hydrogen-bond acceptors (Lipinski definition) is 3. The number of fused-ring (bicyclic) bond motifs is 1. The van der Waals surface area contributed by atoms with Crippen molar-refractivity contribution in [2.75, 3.05) is 0 Å².